The van der Waals surface area contributed by atoms with Crippen LogP contribution in [0.25, 0.3) is 19.4 Å². The molecule has 0 saturated carbocycles. The fraction of sp³-hybridized carbons (Fsp3) is 0.898. The Hall–Kier alpha value is -3.88. The molecule has 4 heterocycles. The van der Waals surface area contributed by atoms with E-state index in [0.29, 0.717) is 89.8 Å². The van der Waals surface area contributed by atoms with Crippen LogP contribution < -0.4 is 5.32 Å². The Labute approximate surface area is 788 Å². The lowest BCUT2D eigenvalue weighted by atomic mass is 9.79. The number of rotatable bonds is 78. The van der Waals surface area contributed by atoms with Crippen molar-refractivity contribution in [1.29, 1.82) is 5.26 Å². The smallest absolute Gasteiger partial charge is 0.463 e. The second-order valence-corrected chi connectivity index (χ2v) is 41.0. The molecule has 4 saturated heterocycles. The number of nitrogens with zero attached hydrogens (tertiary/aromatic N) is 5. The molecule has 4 fully saturated rings. The predicted molar refractivity (Wildman–Crippen MR) is 488 cm³/mol. The minimum absolute atomic E-state index is 0.0306. The molecule has 4 aliphatic rings. The molecule has 758 valence electrons. The zero-order chi connectivity index (χ0) is 96.8. The summed E-state index contributed by atoms with van der Waals surface area (Å²) in [6.07, 6.45) is 5.42. The van der Waals surface area contributed by atoms with E-state index in [2.05, 4.69) is 66.2 Å². The van der Waals surface area contributed by atoms with Gasteiger partial charge in [0.2, 0.25) is 32.1 Å². The van der Waals surface area contributed by atoms with Crippen LogP contribution in [-0.4, -0.2) is 283 Å². The van der Waals surface area contributed by atoms with E-state index in [-0.39, 0.29) is 224 Å². The lowest BCUT2D eigenvalue weighted by Crippen LogP contribution is -2.58. The number of hydrogen-bond donors (Lipinski definition) is 1. The van der Waals surface area contributed by atoms with Gasteiger partial charge in [0.25, 0.3) is 0 Å². The largest absolute Gasteiger partial charge is 0.474 e. The van der Waals surface area contributed by atoms with Crippen molar-refractivity contribution in [2.45, 2.75) is 261 Å². The van der Waals surface area contributed by atoms with Crippen LogP contribution in [0, 0.1) is 90.4 Å². The second-order valence-electron chi connectivity index (χ2n) is 33.6. The van der Waals surface area contributed by atoms with Gasteiger partial charge in [-0.15, -0.1) is 0 Å². The number of esters is 3. The highest BCUT2D eigenvalue weighted by molar-refractivity contribution is 7.53. The fourth-order valence-corrected chi connectivity index (χ4v) is 19.8. The van der Waals surface area contributed by atoms with Gasteiger partial charge in [0, 0.05) is 92.3 Å². The summed E-state index contributed by atoms with van der Waals surface area (Å²) in [5, 5.41) is 12.7. The van der Waals surface area contributed by atoms with E-state index in [1.807, 2.05) is 19.9 Å². The topological polar surface area (TPSA) is 405 Å². The molecule has 0 aromatic rings. The third-order valence-corrected chi connectivity index (χ3v) is 29.0. The van der Waals surface area contributed by atoms with Crippen LogP contribution in [0.5, 0.6) is 0 Å². The van der Waals surface area contributed by atoms with Crippen LogP contribution in [0.2, 0.25) is 0 Å². The van der Waals surface area contributed by atoms with Crippen molar-refractivity contribution in [3.63, 3.8) is 0 Å². The average Bonchev–Trinajstić information content (AvgIpc) is 0.929. The molecule has 23 atom stereocenters. The van der Waals surface area contributed by atoms with Gasteiger partial charge < -0.3 is 136 Å². The molecule has 12 unspecified atom stereocenters. The van der Waals surface area contributed by atoms with Gasteiger partial charge in [-0.1, -0.05) is 93.9 Å². The molecule has 1 N–H and O–H groups in total. The van der Waals surface area contributed by atoms with Crippen LogP contribution in [0.15, 0.2) is 0 Å². The molecule has 44 heteroatoms. The van der Waals surface area contributed by atoms with Gasteiger partial charge in [-0.2, -0.15) is 5.26 Å². The molecule has 0 bridgehead atoms. The summed E-state index contributed by atoms with van der Waals surface area (Å²) in [6, 6.07) is 1.58. The first-order chi connectivity index (χ1) is 63.4. The molecule has 4 aliphatic heterocycles. The van der Waals surface area contributed by atoms with Crippen molar-refractivity contribution in [3.8, 4) is 6.07 Å². The highest BCUT2D eigenvalue weighted by atomic mass is 31.2. The van der Waals surface area contributed by atoms with Crippen molar-refractivity contribution in [3.05, 3.63) is 45.7 Å². The summed E-state index contributed by atoms with van der Waals surface area (Å²) in [4.78, 5) is 60.6. The van der Waals surface area contributed by atoms with Crippen LogP contribution in [0.4, 0.5) is 0 Å². The van der Waals surface area contributed by atoms with Crippen molar-refractivity contribution < 1.29 is 153 Å². The summed E-state index contributed by atoms with van der Waals surface area (Å²) < 4.78 is 192. The van der Waals surface area contributed by atoms with E-state index >= 15 is 4.57 Å². The van der Waals surface area contributed by atoms with Crippen molar-refractivity contribution in [2.75, 3.05) is 198 Å². The molecule has 132 heavy (non-hydrogen) atoms. The monoisotopic (exact) mass is 1980 g/mol. The zero-order valence-electron chi connectivity index (χ0n) is 80.4. The normalized spacial score (nSPS) is 26.3. The van der Waals surface area contributed by atoms with E-state index < -0.39 is 115 Å². The zero-order valence-corrected chi connectivity index (χ0v) is 84.8. The molecule has 0 aromatic heterocycles. The van der Waals surface area contributed by atoms with Gasteiger partial charge >= 0.3 is 59.1 Å². The van der Waals surface area contributed by atoms with E-state index in [1.54, 1.807) is 6.92 Å². The molecule has 0 aromatic carbocycles. The number of carbonyl (C=O) groups excluding carboxylic acids is 4. The van der Waals surface area contributed by atoms with Gasteiger partial charge in [-0.25, -0.2) is 30.9 Å². The Morgan fingerprint density at radius 2 is 0.750 bits per heavy atom. The van der Waals surface area contributed by atoms with Crippen molar-refractivity contribution in [1.82, 2.24) is 5.32 Å². The van der Waals surface area contributed by atoms with Crippen molar-refractivity contribution in [2.24, 2.45) is 52.8 Å². The molecule has 4 rings (SSSR count). The lowest BCUT2D eigenvalue weighted by Gasteiger charge is -2.44. The maximum absolute atomic E-state index is 15.2. The summed E-state index contributed by atoms with van der Waals surface area (Å²) in [7, 11) is -14.1. The third kappa shape index (κ3) is 51.9. The van der Waals surface area contributed by atoms with Gasteiger partial charge in [0.15, 0.2) is 18.9 Å². The van der Waals surface area contributed by atoms with Crippen LogP contribution in [0.3, 0.4) is 0 Å². The minimum Gasteiger partial charge on any atom is -0.463 e. The number of hydrogen-bond acceptors (Lipinski definition) is 34. The molecule has 39 nitrogen and oxygen atoms in total. The van der Waals surface area contributed by atoms with Gasteiger partial charge in [-0.3, -0.25) is 37.3 Å². The summed E-state index contributed by atoms with van der Waals surface area (Å²) in [5.74, 6) is -0.148. The number of unbranched alkanes of at least 4 members (excludes halogenated alkanes) is 9. The van der Waals surface area contributed by atoms with Gasteiger partial charge in [0.1, 0.15) is 52.4 Å². The Balaban J connectivity index is 1.52. The van der Waals surface area contributed by atoms with Gasteiger partial charge in [-0.05, 0) is 100 Å². The number of amides is 1. The molecule has 0 aliphatic carbocycles. The standard InChI is InChI=1S/C88H153N6O33P5/c1-66-57-79(127-131(18,99)119-56-39-93-17)83(123-66)61-121-132(100,120-52-31-35-89)122-65-88(62-101-40-32-49-113-128(116-53-36-90-14)110-46-28-22-19-25-43-104-85-73(8)67(2)69(4)80(124-85)58-107-76(11)96,63-102-41-33-50-114-129(117-54-37-91-15)111-47-29-23-20-26-44-105-86-74(9)68(3)70(5)81(125-86)59-108-77(12)97)64-103-42-34-51-115-130(118-55-38-92-16)112-48-30-24-21-27-45-106-87-84(94-75(10)95)72(7)71(6)82(126-87)60-109-78(13)98/h66-74,79-87H,19-34,36-65H2,1-13,18H3,(H,94,95)/t66-,67-,68-,69+,70+,71+,72-,73?,74?,79?,80?,81?,82?,83+,84?,85+,86+,87+,88?,128?,129?,130?,131?,132?/m0/s1. The number of nitrogens with one attached hydrogen (secondary N) is 1. The number of ether oxygens (including phenoxy) is 13. The highest BCUT2D eigenvalue weighted by Gasteiger charge is 2.47. The molecule has 1 amide bonds. The van der Waals surface area contributed by atoms with E-state index in [9.17, 15) is 29.0 Å². The Morgan fingerprint density at radius 3 is 1.13 bits per heavy atom. The fourth-order valence-electron chi connectivity index (χ4n) is 14.3. The first kappa shape index (κ1) is 120. The average molecular weight is 1980 g/mol. The first-order valence-electron chi connectivity index (χ1n) is 46.5. The number of phosphoric acid groups is 1. The van der Waals surface area contributed by atoms with E-state index in [1.165, 1.54) is 34.4 Å². The summed E-state index contributed by atoms with van der Waals surface area (Å²) >= 11 is 0. The third-order valence-electron chi connectivity index (χ3n) is 22.8. The molecule has 0 spiro atoms. The predicted octanol–water partition coefficient (Wildman–Crippen LogP) is 16.4. The van der Waals surface area contributed by atoms with E-state index in [4.69, 9.17) is 151 Å². The van der Waals surface area contributed by atoms with Crippen LogP contribution >= 0.6 is 41.2 Å². The number of nitriles is 1. The highest BCUT2D eigenvalue weighted by Crippen LogP contribution is 2.53. The second kappa shape index (κ2) is 71.5. The van der Waals surface area contributed by atoms with Crippen LogP contribution in [0.1, 0.15) is 199 Å². The van der Waals surface area contributed by atoms with Crippen molar-refractivity contribution >= 4 is 65.0 Å². The van der Waals surface area contributed by atoms with E-state index in [0.717, 1.165) is 51.4 Å². The Morgan fingerprint density at radius 1 is 0.394 bits per heavy atom. The summed E-state index contributed by atoms with van der Waals surface area (Å²) in [6.45, 7) is 56.5. The minimum atomic E-state index is -4.71. The Kier molecular flexibility index (Phi) is 65.3. The SMILES string of the molecule is [C-]#[N+]CCOP(OCCCCCCO[C@@H]1OC(COC(C)=O)[C@H](C)[C@H](C)C1C)OCCCOCC(COCCCOP(OCCCCCCO[C@@H]1OC(COC(C)=O)[C@H](C)[C@H](C)C1C)OCC[N+]#[C-])(COCCCOP(OCCCCCCO[C@@H]1OC(COC(C)=O)[C@H](C)[C@H](C)C1NC(C)=O)OCC[N+]#[C-])COP(=O)(OCCC#N)OC[C@H]1O[C@@H](C)CC1OP(C)(=O)OCC[N+]#[C-]. The lowest BCUT2D eigenvalue weighted by molar-refractivity contribution is -0.255. The molecule has 0 radical (unpaired) electrons. The quantitative estimate of drug-likeness (QED) is 0.0194. The maximum Gasteiger partial charge on any atom is 0.474 e. The summed E-state index contributed by atoms with van der Waals surface area (Å²) in [5.41, 5.74) is -1.34. The Bertz CT molecular complexity index is 3350. The first-order valence-corrected chi connectivity index (χ1v) is 53.2. The van der Waals surface area contributed by atoms with Gasteiger partial charge in [0.05, 0.1) is 134 Å². The van der Waals surface area contributed by atoms with Crippen LogP contribution in [-0.2, 0) is 153 Å². The molecular weight excluding hydrogens is 1820 g/mol. The number of carbonyl (C=O) groups is 4. The molecular formula is C88H153N6O33P5. The maximum atomic E-state index is 15.2. The number of phosphoric ester groups is 1.